The molecule has 1 aromatic heterocycles. The summed E-state index contributed by atoms with van der Waals surface area (Å²) in [6.45, 7) is 7.74. The molecule has 57 heavy (non-hydrogen) atoms. The van der Waals surface area contributed by atoms with Crippen LogP contribution in [0.15, 0.2) is 67.3 Å². The maximum atomic E-state index is 14.0. The van der Waals surface area contributed by atoms with Crippen LogP contribution in [0.5, 0.6) is 0 Å². The molecule has 1 saturated heterocycles. The molecular weight excluding hydrogens is 738 g/mol. The van der Waals surface area contributed by atoms with E-state index in [9.17, 15) is 27.6 Å². The van der Waals surface area contributed by atoms with Gasteiger partial charge in [-0.25, -0.2) is 14.8 Å². The number of nitrogens with one attached hydrogen (secondary N) is 3. The Morgan fingerprint density at radius 3 is 2.46 bits per heavy atom. The third kappa shape index (κ3) is 12.5. The van der Waals surface area contributed by atoms with Gasteiger partial charge in [0.1, 0.15) is 12.4 Å². The van der Waals surface area contributed by atoms with Gasteiger partial charge in [0, 0.05) is 83.1 Å². The lowest BCUT2D eigenvalue weighted by Gasteiger charge is -2.34. The van der Waals surface area contributed by atoms with Crippen molar-refractivity contribution in [2.75, 3.05) is 62.6 Å². The number of fused-ring (bicyclic) bond motifs is 1. The van der Waals surface area contributed by atoms with Gasteiger partial charge in [0.25, 0.3) is 5.91 Å². The zero-order valence-electron chi connectivity index (χ0n) is 32.5. The minimum absolute atomic E-state index is 0.0643. The molecule has 0 radical (unpaired) electrons. The number of allylic oxidation sites excluding steroid dienone is 2. The van der Waals surface area contributed by atoms with Crippen molar-refractivity contribution in [2.45, 2.75) is 83.2 Å². The van der Waals surface area contributed by atoms with Crippen LogP contribution in [0.2, 0.25) is 0 Å². The summed E-state index contributed by atoms with van der Waals surface area (Å²) in [5.41, 5.74) is 3.05. The lowest BCUT2D eigenvalue weighted by atomic mass is 9.89. The number of alkyl halides is 3. The minimum atomic E-state index is -4.59. The summed E-state index contributed by atoms with van der Waals surface area (Å²) in [5.74, 6) is -0.361. The largest absolute Gasteiger partial charge is 0.446 e. The standard InChI is InChI=1S/C42H53F3N8O4/c1-30-26-53(36-24-46-29-47-25-36)28-33-22-32(10-11-38(30)33)40(55)50-35-21-31(20-34(23-35)42(43,44)45)27-52-18-16-51(17-19-52)15-12-39(54)48-13-7-14-49-41(56)57-37-8-5-3-2-4-6-9-37/h2-3,10-11,20-25,29-30,37H,4-9,12-19,26-28H2,1H3,(H,48,54)(H,49,56)(H,50,55)/b3-2+. The molecule has 2 unspecified atom stereocenters. The molecule has 3 aromatic rings. The zero-order chi connectivity index (χ0) is 40.2. The maximum absolute atomic E-state index is 14.0. The Balaban J connectivity index is 0.936. The monoisotopic (exact) mass is 790 g/mol. The normalized spacial score (nSPS) is 19.8. The third-order valence-corrected chi connectivity index (χ3v) is 10.7. The fraction of sp³-hybridized carbons (Fsp3) is 0.500. The van der Waals surface area contributed by atoms with Crippen molar-refractivity contribution in [3.8, 4) is 0 Å². The number of aromatic nitrogens is 2. The summed E-state index contributed by atoms with van der Waals surface area (Å²) in [7, 11) is 0. The van der Waals surface area contributed by atoms with Crippen molar-refractivity contribution in [1.29, 1.82) is 0 Å². The highest BCUT2D eigenvalue weighted by Gasteiger charge is 2.32. The number of hydrogen-bond donors (Lipinski definition) is 3. The Morgan fingerprint density at radius 1 is 0.912 bits per heavy atom. The number of alkyl carbamates (subject to hydrolysis) is 1. The van der Waals surface area contributed by atoms with Crippen molar-refractivity contribution in [3.05, 3.63) is 95.1 Å². The molecule has 0 spiro atoms. The summed E-state index contributed by atoms with van der Waals surface area (Å²) >= 11 is 0. The van der Waals surface area contributed by atoms with Gasteiger partial charge in [0.05, 0.1) is 23.6 Å². The molecule has 1 aliphatic carbocycles. The van der Waals surface area contributed by atoms with Crippen LogP contribution in [0.25, 0.3) is 0 Å². The second kappa shape index (κ2) is 19.9. The predicted molar refractivity (Wildman–Crippen MR) is 212 cm³/mol. The van der Waals surface area contributed by atoms with E-state index in [4.69, 9.17) is 4.74 Å². The molecule has 2 atom stereocenters. The van der Waals surface area contributed by atoms with Crippen molar-refractivity contribution >= 4 is 29.3 Å². The van der Waals surface area contributed by atoms with Crippen LogP contribution in [0.3, 0.4) is 0 Å². The van der Waals surface area contributed by atoms with Gasteiger partial charge in [0.15, 0.2) is 0 Å². The summed E-state index contributed by atoms with van der Waals surface area (Å²) in [6, 6.07) is 9.19. The van der Waals surface area contributed by atoms with Crippen molar-refractivity contribution in [3.63, 3.8) is 0 Å². The Labute approximate surface area is 332 Å². The quantitative estimate of drug-likeness (QED) is 0.131. The van der Waals surface area contributed by atoms with Gasteiger partial charge in [-0.05, 0) is 91.5 Å². The third-order valence-electron chi connectivity index (χ3n) is 10.7. The van der Waals surface area contributed by atoms with Crippen LogP contribution in [-0.4, -0.2) is 96.1 Å². The number of carbonyl (C=O) groups excluding carboxylic acids is 3. The number of ether oxygens (including phenoxy) is 1. The van der Waals surface area contributed by atoms with Crippen LogP contribution in [0.4, 0.5) is 29.3 Å². The second-order valence-electron chi connectivity index (χ2n) is 15.2. The molecule has 6 rings (SSSR count). The van der Waals surface area contributed by atoms with Gasteiger partial charge < -0.3 is 30.5 Å². The number of hydrogen-bond acceptors (Lipinski definition) is 9. The minimum Gasteiger partial charge on any atom is -0.446 e. The zero-order valence-corrected chi connectivity index (χ0v) is 32.5. The van der Waals surface area contributed by atoms with Crippen LogP contribution in [0, 0.1) is 0 Å². The highest BCUT2D eigenvalue weighted by Crippen LogP contribution is 2.34. The molecule has 3 amide bonds. The van der Waals surface area contributed by atoms with E-state index in [1.165, 1.54) is 6.33 Å². The van der Waals surface area contributed by atoms with Crippen LogP contribution >= 0.6 is 0 Å². The molecule has 2 aromatic carbocycles. The number of anilines is 2. The first-order valence-corrected chi connectivity index (χ1v) is 20.0. The molecule has 0 saturated carbocycles. The van der Waals surface area contributed by atoms with Gasteiger partial charge in [-0.2, -0.15) is 13.2 Å². The lowest BCUT2D eigenvalue weighted by Crippen LogP contribution is -2.46. The molecular formula is C42H53F3N8O4. The number of carbonyl (C=O) groups is 3. The fourth-order valence-electron chi connectivity index (χ4n) is 7.66. The predicted octanol–water partition coefficient (Wildman–Crippen LogP) is 6.50. The van der Waals surface area contributed by atoms with E-state index in [-0.39, 0.29) is 30.2 Å². The van der Waals surface area contributed by atoms with Crippen LogP contribution in [0.1, 0.15) is 90.4 Å². The molecule has 3 heterocycles. The van der Waals surface area contributed by atoms with E-state index in [1.807, 2.05) is 12.1 Å². The maximum Gasteiger partial charge on any atom is 0.416 e. The van der Waals surface area contributed by atoms with Gasteiger partial charge in [-0.3, -0.25) is 14.5 Å². The van der Waals surface area contributed by atoms with Crippen molar-refractivity contribution < 1.29 is 32.3 Å². The molecule has 15 heteroatoms. The molecule has 0 bridgehead atoms. The van der Waals surface area contributed by atoms with Crippen molar-refractivity contribution in [2.24, 2.45) is 0 Å². The Kier molecular flexibility index (Phi) is 14.5. The second-order valence-corrected chi connectivity index (χ2v) is 15.2. The number of piperazine rings is 1. The number of nitrogens with zero attached hydrogens (tertiary/aromatic N) is 5. The molecule has 3 aliphatic rings. The highest BCUT2D eigenvalue weighted by molar-refractivity contribution is 6.04. The number of rotatable bonds is 13. The fourth-order valence-corrected chi connectivity index (χ4v) is 7.66. The molecule has 3 N–H and O–H groups in total. The van der Waals surface area contributed by atoms with Crippen molar-refractivity contribution in [1.82, 2.24) is 30.4 Å². The van der Waals surface area contributed by atoms with E-state index < -0.39 is 23.7 Å². The van der Waals surface area contributed by atoms with E-state index >= 15 is 0 Å². The summed E-state index contributed by atoms with van der Waals surface area (Å²) < 4.78 is 47.6. The molecule has 2 aliphatic heterocycles. The van der Waals surface area contributed by atoms with Gasteiger partial charge >= 0.3 is 12.3 Å². The average molecular weight is 791 g/mol. The van der Waals surface area contributed by atoms with Gasteiger partial charge in [0.2, 0.25) is 5.91 Å². The summed E-state index contributed by atoms with van der Waals surface area (Å²) in [6.07, 6.45) is 9.74. The highest BCUT2D eigenvalue weighted by atomic mass is 19.4. The first-order chi connectivity index (χ1) is 27.5. The van der Waals surface area contributed by atoms with Gasteiger partial charge in [-0.15, -0.1) is 0 Å². The molecule has 1 fully saturated rings. The molecule has 12 nitrogen and oxygen atoms in total. The number of benzene rings is 2. The Hall–Kier alpha value is -5.02. The smallest absolute Gasteiger partial charge is 0.416 e. The summed E-state index contributed by atoms with van der Waals surface area (Å²) in [5, 5.41) is 8.39. The number of halogens is 3. The first-order valence-electron chi connectivity index (χ1n) is 20.0. The Bertz CT molecular complexity index is 1850. The van der Waals surface area contributed by atoms with E-state index in [0.29, 0.717) is 76.3 Å². The van der Waals surface area contributed by atoms with E-state index in [0.717, 1.165) is 67.6 Å². The molecule has 306 valence electrons. The summed E-state index contributed by atoms with van der Waals surface area (Å²) in [4.78, 5) is 52.7. The number of amides is 3. The van der Waals surface area contributed by atoms with Gasteiger partial charge in [-0.1, -0.05) is 25.1 Å². The van der Waals surface area contributed by atoms with Crippen LogP contribution in [-0.2, 0) is 28.8 Å². The van der Waals surface area contributed by atoms with E-state index in [2.05, 4.69) is 59.7 Å². The van der Waals surface area contributed by atoms with Crippen LogP contribution < -0.4 is 20.9 Å². The Morgan fingerprint density at radius 2 is 1.67 bits per heavy atom. The van der Waals surface area contributed by atoms with E-state index in [1.54, 1.807) is 24.5 Å². The first kappa shape index (κ1) is 41.6. The SMILES string of the molecule is CC1CN(c2cncnc2)Cc2cc(C(=O)Nc3cc(CN4CCN(CCC(=O)NCCCNC(=O)OC5CC/C=C/CCC5)CC4)cc(C(F)(F)F)c3)ccc21. The average Bonchev–Trinajstić information content (AvgIpc) is 3.18. The lowest BCUT2D eigenvalue weighted by molar-refractivity contribution is -0.137. The topological polar surface area (TPSA) is 132 Å².